The van der Waals surface area contributed by atoms with Gasteiger partial charge in [-0.1, -0.05) is 0 Å². The molecule has 8 heteroatoms. The molecule has 0 saturated carbocycles. The van der Waals surface area contributed by atoms with E-state index in [-0.39, 0.29) is 12.5 Å². The van der Waals surface area contributed by atoms with Crippen LogP contribution in [0.4, 0.5) is 5.82 Å². The Morgan fingerprint density at radius 2 is 2.19 bits per heavy atom. The van der Waals surface area contributed by atoms with Crippen LogP contribution in [-0.2, 0) is 25.4 Å². The van der Waals surface area contributed by atoms with E-state index >= 15 is 0 Å². The van der Waals surface area contributed by atoms with Gasteiger partial charge in [0.2, 0.25) is 6.29 Å². The zero-order valence-electron chi connectivity index (χ0n) is 15.9. The Morgan fingerprint density at radius 3 is 2.88 bits per heavy atom. The van der Waals surface area contributed by atoms with E-state index in [9.17, 15) is 4.79 Å². The van der Waals surface area contributed by atoms with Crippen LogP contribution in [0.5, 0.6) is 0 Å². The molecule has 0 aliphatic carbocycles. The first-order valence-electron chi connectivity index (χ1n) is 8.67. The van der Waals surface area contributed by atoms with Gasteiger partial charge in [-0.3, -0.25) is 14.7 Å². The highest BCUT2D eigenvalue weighted by Gasteiger charge is 2.20. The van der Waals surface area contributed by atoms with Crippen molar-refractivity contribution in [3.8, 4) is 0 Å². The number of aliphatic imine (C=N–C) groups is 1. The molecule has 26 heavy (non-hydrogen) atoms. The molecular weight excluding hydrogens is 336 g/mol. The normalized spacial score (nSPS) is 13.9. The highest BCUT2D eigenvalue weighted by atomic mass is 16.7. The number of fused-ring (bicyclic) bond motifs is 1. The molecule has 0 radical (unpaired) electrons. The summed E-state index contributed by atoms with van der Waals surface area (Å²) in [5.41, 5.74) is 2.77. The van der Waals surface area contributed by atoms with Crippen molar-refractivity contribution in [2.75, 3.05) is 59.9 Å². The molecule has 2 heterocycles. The summed E-state index contributed by atoms with van der Waals surface area (Å²) in [5, 5.41) is 3.32. The number of aromatic nitrogens is 1. The summed E-state index contributed by atoms with van der Waals surface area (Å²) in [5.74, 6) is 0.633. The molecule has 8 nitrogen and oxygen atoms in total. The van der Waals surface area contributed by atoms with Crippen molar-refractivity contribution in [3.05, 3.63) is 22.9 Å². The predicted octanol–water partition coefficient (Wildman–Crippen LogP) is 1.25. The molecule has 2 rings (SSSR count). The van der Waals surface area contributed by atoms with E-state index in [4.69, 9.17) is 14.5 Å². The number of anilines is 1. The first-order chi connectivity index (χ1) is 12.6. The van der Waals surface area contributed by atoms with Crippen molar-refractivity contribution in [3.63, 3.8) is 0 Å². The van der Waals surface area contributed by atoms with Crippen molar-refractivity contribution >= 4 is 18.0 Å². The van der Waals surface area contributed by atoms with E-state index in [1.165, 1.54) is 12.7 Å². The third kappa shape index (κ3) is 5.48. The average Bonchev–Trinajstić information content (AvgIpc) is 2.66. The van der Waals surface area contributed by atoms with Crippen molar-refractivity contribution in [1.29, 1.82) is 0 Å². The number of ether oxygens (including phenoxy) is 3. The molecule has 0 aromatic carbocycles. The Balaban J connectivity index is 2.09. The number of hydrogen-bond donors (Lipinski definition) is 1. The minimum Gasteiger partial charge on any atom is -0.468 e. The van der Waals surface area contributed by atoms with Crippen LogP contribution < -0.4 is 5.32 Å². The molecule has 0 fully saturated rings. The highest BCUT2D eigenvalue weighted by Crippen LogP contribution is 2.26. The van der Waals surface area contributed by atoms with Crippen LogP contribution in [-0.4, -0.2) is 76.6 Å². The fraction of sp³-hybridized carbons (Fsp3) is 0.611. The van der Waals surface area contributed by atoms with E-state index in [2.05, 4.69) is 21.1 Å². The lowest BCUT2D eigenvalue weighted by atomic mass is 10.0. The van der Waals surface area contributed by atoms with Crippen LogP contribution >= 0.6 is 0 Å². The lowest BCUT2D eigenvalue weighted by molar-refractivity contribution is -0.141. The third-order valence-corrected chi connectivity index (χ3v) is 4.20. The molecule has 0 saturated heterocycles. The minimum absolute atomic E-state index is 0.249. The Bertz CT molecular complexity index is 632. The number of carbonyl (C=O) groups is 1. The van der Waals surface area contributed by atoms with Crippen LogP contribution in [0.1, 0.15) is 29.5 Å². The summed E-state index contributed by atoms with van der Waals surface area (Å²) < 4.78 is 15.4. The second-order valence-corrected chi connectivity index (χ2v) is 6.15. The molecule has 0 unspecified atom stereocenters. The zero-order chi connectivity index (χ0) is 18.9. The van der Waals surface area contributed by atoms with Crippen LogP contribution in [0.3, 0.4) is 0 Å². The number of aryl methyl sites for hydroxylation is 1. The Labute approximate surface area is 154 Å². The minimum atomic E-state index is -0.549. The molecule has 1 aromatic heterocycles. The first kappa shape index (κ1) is 20.3. The second-order valence-electron chi connectivity index (χ2n) is 6.15. The number of rotatable bonds is 9. The van der Waals surface area contributed by atoms with E-state index in [1.807, 2.05) is 11.9 Å². The zero-order valence-corrected chi connectivity index (χ0v) is 15.9. The number of methoxy groups -OCH3 is 3. The average molecular weight is 364 g/mol. The van der Waals surface area contributed by atoms with Crippen LogP contribution in [0.25, 0.3) is 0 Å². The number of nitrogens with one attached hydrogen (secondary N) is 1. The number of carbonyl (C=O) groups excluding carboxylic acids is 1. The standard InChI is InChI=1S/C18H28N4O4/c1-22(12-15(23)24-2)9-8-19-11-14-10-13-6-5-7-20-17(13)21-16(14)18(25-3)26-4/h10-11,18H,5-9,12H2,1-4H3,(H,20,21). The molecule has 1 aliphatic rings. The lowest BCUT2D eigenvalue weighted by Gasteiger charge is -2.22. The molecule has 0 spiro atoms. The van der Waals surface area contributed by atoms with Crippen LogP contribution in [0, 0.1) is 0 Å². The van der Waals surface area contributed by atoms with Crippen molar-refractivity contribution in [1.82, 2.24) is 9.88 Å². The van der Waals surface area contributed by atoms with E-state index in [1.54, 1.807) is 20.4 Å². The van der Waals surface area contributed by atoms with Gasteiger partial charge in [0.25, 0.3) is 0 Å². The topological polar surface area (TPSA) is 85.3 Å². The van der Waals surface area contributed by atoms with Gasteiger partial charge >= 0.3 is 5.97 Å². The van der Waals surface area contributed by atoms with Gasteiger partial charge in [0.05, 0.1) is 20.2 Å². The first-order valence-corrected chi connectivity index (χ1v) is 8.67. The van der Waals surface area contributed by atoms with Crippen LogP contribution in [0.2, 0.25) is 0 Å². The SMILES string of the molecule is COC(=O)CN(C)CCN=Cc1cc2c(nc1C(OC)OC)NCCC2. The number of hydrogen-bond acceptors (Lipinski definition) is 8. The Kier molecular flexibility index (Phi) is 7.96. The maximum atomic E-state index is 11.3. The predicted molar refractivity (Wildman–Crippen MR) is 99.8 cm³/mol. The van der Waals surface area contributed by atoms with E-state index < -0.39 is 6.29 Å². The summed E-state index contributed by atoms with van der Waals surface area (Å²) in [6.07, 6.45) is 3.32. The molecule has 1 aromatic rings. The maximum absolute atomic E-state index is 11.3. The quantitative estimate of drug-likeness (QED) is 0.401. The lowest BCUT2D eigenvalue weighted by Crippen LogP contribution is -2.28. The number of pyridine rings is 1. The molecule has 0 amide bonds. The van der Waals surface area contributed by atoms with Crippen molar-refractivity contribution in [2.45, 2.75) is 19.1 Å². The largest absolute Gasteiger partial charge is 0.468 e. The molecule has 144 valence electrons. The van der Waals surface area contributed by atoms with Gasteiger partial charge in [-0.2, -0.15) is 0 Å². The van der Waals surface area contributed by atoms with Gasteiger partial charge in [-0.25, -0.2) is 4.98 Å². The fourth-order valence-electron chi connectivity index (χ4n) is 2.78. The van der Waals surface area contributed by atoms with Gasteiger partial charge < -0.3 is 19.5 Å². The molecule has 1 aliphatic heterocycles. The number of esters is 1. The van der Waals surface area contributed by atoms with E-state index in [0.717, 1.165) is 30.8 Å². The van der Waals surface area contributed by atoms with Gasteiger partial charge in [-0.15, -0.1) is 0 Å². The third-order valence-electron chi connectivity index (χ3n) is 4.20. The molecular formula is C18H28N4O4. The Hall–Kier alpha value is -2.03. The fourth-order valence-corrected chi connectivity index (χ4v) is 2.78. The molecule has 1 N–H and O–H groups in total. The summed E-state index contributed by atoms with van der Waals surface area (Å²) in [6, 6.07) is 2.09. The van der Waals surface area contributed by atoms with E-state index in [0.29, 0.717) is 18.8 Å². The van der Waals surface area contributed by atoms with Crippen LogP contribution in [0.15, 0.2) is 11.1 Å². The summed E-state index contributed by atoms with van der Waals surface area (Å²) in [7, 11) is 6.42. The summed E-state index contributed by atoms with van der Waals surface area (Å²) >= 11 is 0. The smallest absolute Gasteiger partial charge is 0.319 e. The Morgan fingerprint density at radius 1 is 1.42 bits per heavy atom. The number of nitrogens with zero attached hydrogens (tertiary/aromatic N) is 3. The molecule has 0 atom stereocenters. The molecule has 0 bridgehead atoms. The van der Waals surface area contributed by atoms with Gasteiger partial charge in [0.15, 0.2) is 0 Å². The van der Waals surface area contributed by atoms with Crippen molar-refractivity contribution in [2.24, 2.45) is 4.99 Å². The highest BCUT2D eigenvalue weighted by molar-refractivity contribution is 5.82. The maximum Gasteiger partial charge on any atom is 0.319 e. The van der Waals surface area contributed by atoms with Gasteiger partial charge in [-0.05, 0) is 31.5 Å². The second kappa shape index (κ2) is 10.2. The monoisotopic (exact) mass is 364 g/mol. The van der Waals surface area contributed by atoms with Crippen molar-refractivity contribution < 1.29 is 19.0 Å². The summed E-state index contributed by atoms with van der Waals surface area (Å²) in [4.78, 5) is 22.3. The summed E-state index contributed by atoms with van der Waals surface area (Å²) in [6.45, 7) is 2.38. The number of likely N-dealkylation sites (N-methyl/N-ethyl adjacent to an activating group) is 1. The van der Waals surface area contributed by atoms with Gasteiger partial charge in [0.1, 0.15) is 11.5 Å². The van der Waals surface area contributed by atoms with Gasteiger partial charge in [0, 0.05) is 39.1 Å².